The van der Waals surface area contributed by atoms with Gasteiger partial charge in [-0.2, -0.15) is 0 Å². The van der Waals surface area contributed by atoms with Gasteiger partial charge in [0.25, 0.3) is 0 Å². The lowest BCUT2D eigenvalue weighted by molar-refractivity contribution is 0.0926. The zero-order chi connectivity index (χ0) is 12.5. The maximum absolute atomic E-state index is 5.72. The van der Waals surface area contributed by atoms with E-state index < -0.39 is 0 Å². The molecule has 0 aromatic carbocycles. The van der Waals surface area contributed by atoms with Gasteiger partial charge in [0, 0.05) is 6.61 Å². The molecular formula is C12H18N4OS. The molecule has 1 aliphatic heterocycles. The Bertz CT molecular complexity index is 449. The first-order chi connectivity index (χ1) is 8.74. The fourth-order valence-electron chi connectivity index (χ4n) is 2.45. The van der Waals surface area contributed by atoms with Gasteiger partial charge in [0.2, 0.25) is 0 Å². The summed E-state index contributed by atoms with van der Waals surface area (Å²) in [6.07, 6.45) is 6.09. The van der Waals surface area contributed by atoms with Crippen LogP contribution in [0.25, 0.3) is 0 Å². The maximum atomic E-state index is 5.72. The molecule has 1 aromatic heterocycles. The quantitative estimate of drug-likeness (QED) is 0.807. The van der Waals surface area contributed by atoms with E-state index in [2.05, 4.69) is 10.3 Å². The molecular weight excluding hydrogens is 248 g/mol. The summed E-state index contributed by atoms with van der Waals surface area (Å²) in [6.45, 7) is 1.64. The summed E-state index contributed by atoms with van der Waals surface area (Å²) in [4.78, 5) is 0.351. The third-order valence-electron chi connectivity index (χ3n) is 3.65. The number of hydrogen-bond donors (Lipinski definition) is 1. The molecule has 1 unspecified atom stereocenters. The van der Waals surface area contributed by atoms with E-state index in [9.17, 15) is 0 Å². The Balaban J connectivity index is 1.80. The van der Waals surface area contributed by atoms with E-state index in [4.69, 9.17) is 22.7 Å². The van der Waals surface area contributed by atoms with Gasteiger partial charge in [-0.25, -0.2) is 4.68 Å². The fourth-order valence-corrected chi connectivity index (χ4v) is 2.61. The number of aromatic nitrogens is 3. The van der Waals surface area contributed by atoms with E-state index in [-0.39, 0.29) is 6.10 Å². The molecule has 1 aliphatic carbocycles. The highest BCUT2D eigenvalue weighted by Gasteiger charge is 2.28. The Morgan fingerprint density at radius 2 is 2.28 bits per heavy atom. The lowest BCUT2D eigenvalue weighted by atomic mass is 10.1. The first-order valence-electron chi connectivity index (χ1n) is 6.58. The van der Waals surface area contributed by atoms with Crippen LogP contribution < -0.4 is 5.73 Å². The summed E-state index contributed by atoms with van der Waals surface area (Å²) < 4.78 is 7.60. The van der Waals surface area contributed by atoms with Gasteiger partial charge < -0.3 is 10.5 Å². The van der Waals surface area contributed by atoms with Gasteiger partial charge in [0.05, 0.1) is 18.3 Å². The minimum atomic E-state index is 0.267. The highest BCUT2D eigenvalue weighted by atomic mass is 32.1. The lowest BCUT2D eigenvalue weighted by Gasteiger charge is -2.12. The van der Waals surface area contributed by atoms with Crippen LogP contribution in [0.5, 0.6) is 0 Å². The molecule has 0 spiro atoms. The minimum absolute atomic E-state index is 0.267. The number of nitrogens with two attached hydrogens (primary N) is 1. The monoisotopic (exact) mass is 266 g/mol. The second-order valence-electron chi connectivity index (χ2n) is 5.21. The van der Waals surface area contributed by atoms with E-state index in [1.165, 1.54) is 12.8 Å². The molecule has 2 N–H and O–H groups in total. The van der Waals surface area contributed by atoms with Crippen molar-refractivity contribution in [2.45, 2.75) is 44.8 Å². The van der Waals surface area contributed by atoms with E-state index in [1.54, 1.807) is 0 Å². The number of rotatable bonds is 5. The van der Waals surface area contributed by atoms with Gasteiger partial charge in [-0.15, -0.1) is 5.10 Å². The Labute approximate surface area is 112 Å². The van der Waals surface area contributed by atoms with Gasteiger partial charge in [-0.1, -0.05) is 17.4 Å². The summed E-state index contributed by atoms with van der Waals surface area (Å²) in [6, 6.07) is 0. The highest BCUT2D eigenvalue weighted by molar-refractivity contribution is 7.80. The third kappa shape index (κ3) is 2.54. The summed E-state index contributed by atoms with van der Waals surface area (Å²) >= 11 is 5.05. The van der Waals surface area contributed by atoms with Crippen molar-refractivity contribution in [3.05, 3.63) is 11.4 Å². The molecule has 1 aromatic rings. The first kappa shape index (κ1) is 12.0. The van der Waals surface area contributed by atoms with Crippen LogP contribution in [-0.2, 0) is 17.7 Å². The van der Waals surface area contributed by atoms with Gasteiger partial charge in [-0.05, 0) is 38.0 Å². The zero-order valence-corrected chi connectivity index (χ0v) is 11.2. The Morgan fingerprint density at radius 3 is 2.89 bits per heavy atom. The standard InChI is InChI=1S/C12H18N4OS/c13-12(18)11-10(6-8-3-4-8)16(15-14-11)7-9-2-1-5-17-9/h8-9H,1-7H2,(H2,13,18). The first-order valence-corrected chi connectivity index (χ1v) is 6.98. The van der Waals surface area contributed by atoms with Gasteiger partial charge in [0.15, 0.2) is 0 Å². The minimum Gasteiger partial charge on any atom is -0.388 e. The van der Waals surface area contributed by atoms with Crippen molar-refractivity contribution in [2.75, 3.05) is 6.61 Å². The molecule has 0 radical (unpaired) electrons. The summed E-state index contributed by atoms with van der Waals surface area (Å²) in [7, 11) is 0. The molecule has 0 bridgehead atoms. The lowest BCUT2D eigenvalue weighted by Crippen LogP contribution is -2.20. The number of ether oxygens (including phenoxy) is 1. The van der Waals surface area contributed by atoms with Gasteiger partial charge in [0.1, 0.15) is 10.7 Å². The molecule has 1 saturated heterocycles. The van der Waals surface area contributed by atoms with Crippen molar-refractivity contribution in [3.8, 4) is 0 Å². The molecule has 0 amide bonds. The molecule has 6 heteroatoms. The molecule has 1 atom stereocenters. The molecule has 98 valence electrons. The van der Waals surface area contributed by atoms with Crippen LogP contribution in [0.15, 0.2) is 0 Å². The Hall–Kier alpha value is -1.01. The highest BCUT2D eigenvalue weighted by Crippen LogP contribution is 2.33. The van der Waals surface area contributed by atoms with Crippen molar-refractivity contribution < 1.29 is 4.74 Å². The van der Waals surface area contributed by atoms with Gasteiger partial charge in [-0.3, -0.25) is 0 Å². The van der Waals surface area contributed by atoms with Crippen molar-refractivity contribution in [1.82, 2.24) is 15.0 Å². The number of thiocarbonyl (C=S) groups is 1. The van der Waals surface area contributed by atoms with Crippen molar-refractivity contribution >= 4 is 17.2 Å². The van der Waals surface area contributed by atoms with E-state index in [0.29, 0.717) is 10.7 Å². The van der Waals surface area contributed by atoms with Crippen LogP contribution >= 0.6 is 12.2 Å². The van der Waals surface area contributed by atoms with Crippen molar-refractivity contribution in [2.24, 2.45) is 11.7 Å². The number of nitrogens with zero attached hydrogens (tertiary/aromatic N) is 3. The second-order valence-corrected chi connectivity index (χ2v) is 5.65. The third-order valence-corrected chi connectivity index (χ3v) is 3.84. The average molecular weight is 266 g/mol. The normalized spacial score (nSPS) is 23.4. The fraction of sp³-hybridized carbons (Fsp3) is 0.750. The molecule has 18 heavy (non-hydrogen) atoms. The van der Waals surface area contributed by atoms with Crippen LogP contribution in [0.2, 0.25) is 0 Å². The van der Waals surface area contributed by atoms with Crippen LogP contribution in [0.3, 0.4) is 0 Å². The van der Waals surface area contributed by atoms with Crippen LogP contribution in [-0.4, -0.2) is 32.7 Å². The van der Waals surface area contributed by atoms with E-state index in [1.807, 2.05) is 4.68 Å². The van der Waals surface area contributed by atoms with Crippen molar-refractivity contribution in [3.63, 3.8) is 0 Å². The molecule has 2 heterocycles. The average Bonchev–Trinajstić information content (AvgIpc) is 2.86. The Kier molecular flexibility index (Phi) is 3.30. The zero-order valence-electron chi connectivity index (χ0n) is 10.3. The SMILES string of the molecule is NC(=S)c1nnn(CC2CCCO2)c1CC1CC1. The van der Waals surface area contributed by atoms with E-state index in [0.717, 1.165) is 44.0 Å². The van der Waals surface area contributed by atoms with Crippen LogP contribution in [0.1, 0.15) is 37.1 Å². The van der Waals surface area contributed by atoms with E-state index >= 15 is 0 Å². The largest absolute Gasteiger partial charge is 0.388 e. The van der Waals surface area contributed by atoms with Crippen LogP contribution in [0.4, 0.5) is 0 Å². The maximum Gasteiger partial charge on any atom is 0.143 e. The summed E-state index contributed by atoms with van der Waals surface area (Å²) in [5, 5.41) is 8.33. The second kappa shape index (κ2) is 4.93. The molecule has 3 rings (SSSR count). The molecule has 1 saturated carbocycles. The van der Waals surface area contributed by atoms with Crippen molar-refractivity contribution in [1.29, 1.82) is 0 Å². The smallest absolute Gasteiger partial charge is 0.143 e. The van der Waals surface area contributed by atoms with Gasteiger partial charge >= 0.3 is 0 Å². The summed E-state index contributed by atoms with van der Waals surface area (Å²) in [5.74, 6) is 0.764. The van der Waals surface area contributed by atoms with Crippen LogP contribution in [0, 0.1) is 5.92 Å². The predicted molar refractivity (Wildman–Crippen MR) is 71.3 cm³/mol. The number of hydrogen-bond acceptors (Lipinski definition) is 4. The predicted octanol–water partition coefficient (Wildman–Crippen LogP) is 1.04. The topological polar surface area (TPSA) is 66.0 Å². The molecule has 2 fully saturated rings. The molecule has 2 aliphatic rings. The summed E-state index contributed by atoms with van der Waals surface area (Å²) in [5.41, 5.74) is 7.52. The molecule has 5 nitrogen and oxygen atoms in total. The Morgan fingerprint density at radius 1 is 1.44 bits per heavy atom.